The maximum atomic E-state index is 13.0. The van der Waals surface area contributed by atoms with Crippen LogP contribution in [0.5, 0.6) is 0 Å². The van der Waals surface area contributed by atoms with Gasteiger partial charge in [0.05, 0.1) is 5.69 Å². The molecule has 0 saturated heterocycles. The summed E-state index contributed by atoms with van der Waals surface area (Å²) in [5.41, 5.74) is -3.49. The van der Waals surface area contributed by atoms with Crippen LogP contribution in [0.15, 0.2) is 33.9 Å². The third-order valence-corrected chi connectivity index (χ3v) is 7.27. The summed E-state index contributed by atoms with van der Waals surface area (Å²) in [4.78, 5) is 24.6. The van der Waals surface area contributed by atoms with E-state index in [0.29, 0.717) is 15.2 Å². The standard InChI is InChI=1S/C16H16Cl2F3N2O5P/c1-22-12(16(19,20)21)8-14(24)23(15(22)25)10-4-5-11(17)9(6-10)7-13(18)29(26,27-2)28-3/h4-6,8,13H,7H2,1-3H3. The first-order valence-corrected chi connectivity index (χ1v) is 10.3. The molecular formula is C16H16Cl2F3N2O5P. The zero-order valence-electron chi connectivity index (χ0n) is 15.4. The lowest BCUT2D eigenvalue weighted by atomic mass is 10.1. The first-order chi connectivity index (χ1) is 13.4. The van der Waals surface area contributed by atoms with E-state index < -0.39 is 35.8 Å². The molecule has 0 spiro atoms. The largest absolute Gasteiger partial charge is 0.431 e. The topological polar surface area (TPSA) is 79.5 Å². The summed E-state index contributed by atoms with van der Waals surface area (Å²) in [6.07, 6.45) is -4.99. The quantitative estimate of drug-likeness (QED) is 0.469. The highest BCUT2D eigenvalue weighted by atomic mass is 35.5. The van der Waals surface area contributed by atoms with Gasteiger partial charge in [-0.2, -0.15) is 13.2 Å². The Morgan fingerprint density at radius 3 is 2.28 bits per heavy atom. The molecule has 1 aromatic heterocycles. The van der Waals surface area contributed by atoms with Crippen molar-refractivity contribution in [2.24, 2.45) is 7.05 Å². The van der Waals surface area contributed by atoms with E-state index in [1.165, 1.54) is 18.2 Å². The van der Waals surface area contributed by atoms with Crippen LogP contribution in [-0.2, 0) is 33.3 Å². The molecule has 1 aromatic carbocycles. The Morgan fingerprint density at radius 2 is 1.76 bits per heavy atom. The van der Waals surface area contributed by atoms with Gasteiger partial charge in [-0.1, -0.05) is 11.6 Å². The molecule has 1 unspecified atom stereocenters. The second-order valence-electron chi connectivity index (χ2n) is 5.86. The number of hydrogen-bond acceptors (Lipinski definition) is 5. The summed E-state index contributed by atoms with van der Waals surface area (Å²) in [5.74, 6) is 0. The molecule has 160 valence electrons. The van der Waals surface area contributed by atoms with E-state index in [-0.39, 0.29) is 22.7 Å². The molecule has 2 rings (SSSR count). The average molecular weight is 475 g/mol. The van der Waals surface area contributed by atoms with Crippen molar-refractivity contribution in [3.8, 4) is 5.69 Å². The number of nitrogens with zero attached hydrogens (tertiary/aromatic N) is 2. The Kier molecular flexibility index (Phi) is 7.07. The van der Waals surface area contributed by atoms with Crippen LogP contribution >= 0.6 is 30.8 Å². The monoisotopic (exact) mass is 474 g/mol. The lowest BCUT2D eigenvalue weighted by molar-refractivity contribution is -0.144. The molecule has 0 saturated carbocycles. The first-order valence-electron chi connectivity index (χ1n) is 7.90. The van der Waals surface area contributed by atoms with Crippen molar-refractivity contribution in [1.82, 2.24) is 9.13 Å². The Hall–Kier alpha value is -1.58. The molecule has 1 atom stereocenters. The third-order valence-electron chi connectivity index (χ3n) is 4.14. The van der Waals surface area contributed by atoms with Crippen molar-refractivity contribution in [1.29, 1.82) is 0 Å². The number of halogens is 5. The maximum absolute atomic E-state index is 13.0. The first kappa shape index (κ1) is 23.7. The van der Waals surface area contributed by atoms with Gasteiger partial charge in [0, 0.05) is 38.8 Å². The normalized spacial score (nSPS) is 13.5. The summed E-state index contributed by atoms with van der Waals surface area (Å²) in [7, 11) is -0.435. The van der Waals surface area contributed by atoms with Crippen molar-refractivity contribution < 1.29 is 26.8 Å². The van der Waals surface area contributed by atoms with Crippen molar-refractivity contribution in [2.75, 3.05) is 14.2 Å². The Labute approximate surface area is 173 Å². The molecule has 1 heterocycles. The lowest BCUT2D eigenvalue weighted by Gasteiger charge is -2.20. The average Bonchev–Trinajstić information content (AvgIpc) is 2.65. The van der Waals surface area contributed by atoms with E-state index in [9.17, 15) is 27.3 Å². The highest BCUT2D eigenvalue weighted by Gasteiger charge is 2.35. The van der Waals surface area contributed by atoms with Gasteiger partial charge in [-0.15, -0.1) is 11.6 Å². The Balaban J connectivity index is 2.58. The van der Waals surface area contributed by atoms with Gasteiger partial charge < -0.3 is 9.05 Å². The summed E-state index contributed by atoms with van der Waals surface area (Å²) in [6.45, 7) is 0. The van der Waals surface area contributed by atoms with Gasteiger partial charge in [-0.3, -0.25) is 13.9 Å². The van der Waals surface area contributed by atoms with Gasteiger partial charge in [0.2, 0.25) is 0 Å². The minimum absolute atomic E-state index is 0.0303. The van der Waals surface area contributed by atoms with Gasteiger partial charge in [0.15, 0.2) is 0 Å². The molecule has 0 radical (unpaired) electrons. The van der Waals surface area contributed by atoms with E-state index in [1.807, 2.05) is 0 Å². The SMILES string of the molecule is COP(=O)(OC)C(Cl)Cc1cc(-n2c(=O)cc(C(F)(F)F)n(C)c2=O)ccc1Cl. The molecular weight excluding hydrogens is 459 g/mol. The molecule has 0 fully saturated rings. The van der Waals surface area contributed by atoms with Gasteiger partial charge in [0.25, 0.3) is 5.56 Å². The Morgan fingerprint density at radius 1 is 1.17 bits per heavy atom. The van der Waals surface area contributed by atoms with Crippen LogP contribution in [0, 0.1) is 0 Å². The Bertz CT molecular complexity index is 1080. The van der Waals surface area contributed by atoms with Crippen LogP contribution in [0.1, 0.15) is 11.3 Å². The zero-order chi connectivity index (χ0) is 22.1. The van der Waals surface area contributed by atoms with E-state index in [4.69, 9.17) is 32.2 Å². The highest BCUT2D eigenvalue weighted by molar-refractivity contribution is 7.56. The summed E-state index contributed by atoms with van der Waals surface area (Å²) < 4.78 is 61.9. The lowest BCUT2D eigenvalue weighted by Crippen LogP contribution is -2.40. The number of aromatic nitrogens is 2. The summed E-state index contributed by atoms with van der Waals surface area (Å²) >= 11 is 12.2. The van der Waals surface area contributed by atoms with E-state index >= 15 is 0 Å². The van der Waals surface area contributed by atoms with Crippen LogP contribution in [0.4, 0.5) is 13.2 Å². The van der Waals surface area contributed by atoms with Crippen molar-refractivity contribution in [2.45, 2.75) is 17.7 Å². The van der Waals surface area contributed by atoms with E-state index in [1.54, 1.807) is 0 Å². The zero-order valence-corrected chi connectivity index (χ0v) is 17.8. The van der Waals surface area contributed by atoms with E-state index in [0.717, 1.165) is 21.3 Å². The van der Waals surface area contributed by atoms with Crippen LogP contribution < -0.4 is 11.2 Å². The fourth-order valence-corrected chi connectivity index (χ4v) is 4.45. The predicted molar refractivity (Wildman–Crippen MR) is 102 cm³/mol. The number of rotatable bonds is 6. The van der Waals surface area contributed by atoms with Crippen molar-refractivity contribution in [3.63, 3.8) is 0 Å². The van der Waals surface area contributed by atoms with Crippen molar-refractivity contribution in [3.05, 3.63) is 61.4 Å². The molecule has 0 aliphatic rings. The minimum Gasteiger partial charge on any atom is -0.311 e. The molecule has 2 aromatic rings. The second kappa shape index (κ2) is 8.65. The predicted octanol–water partition coefficient (Wildman–Crippen LogP) is 3.80. The van der Waals surface area contributed by atoms with Crippen LogP contribution in [0.3, 0.4) is 0 Å². The molecule has 0 aliphatic carbocycles. The molecule has 29 heavy (non-hydrogen) atoms. The molecule has 7 nitrogen and oxygen atoms in total. The van der Waals surface area contributed by atoms with Gasteiger partial charge >= 0.3 is 19.5 Å². The van der Waals surface area contributed by atoms with Crippen LogP contribution in [0.25, 0.3) is 5.69 Å². The van der Waals surface area contributed by atoms with Gasteiger partial charge in [-0.05, 0) is 23.8 Å². The fourth-order valence-electron chi connectivity index (χ4n) is 2.59. The summed E-state index contributed by atoms with van der Waals surface area (Å²) in [6, 6.07) is 4.24. The highest BCUT2D eigenvalue weighted by Crippen LogP contribution is 2.54. The molecule has 0 bridgehead atoms. The van der Waals surface area contributed by atoms with Crippen molar-refractivity contribution >= 4 is 30.8 Å². The molecule has 0 aliphatic heterocycles. The molecule has 0 N–H and O–H groups in total. The smallest absolute Gasteiger partial charge is 0.311 e. The third kappa shape index (κ3) is 4.78. The second-order valence-corrected chi connectivity index (χ2v) is 9.53. The fraction of sp³-hybridized carbons (Fsp3) is 0.375. The minimum atomic E-state index is -4.87. The molecule has 13 heteroatoms. The van der Waals surface area contributed by atoms with Crippen LogP contribution in [0.2, 0.25) is 5.02 Å². The maximum Gasteiger partial charge on any atom is 0.431 e. The van der Waals surface area contributed by atoms with Gasteiger partial charge in [0.1, 0.15) is 10.8 Å². The number of benzene rings is 1. The van der Waals surface area contributed by atoms with Gasteiger partial charge in [-0.25, -0.2) is 9.36 Å². The number of alkyl halides is 4. The van der Waals surface area contributed by atoms with Crippen LogP contribution in [-0.4, -0.2) is 28.5 Å². The summed E-state index contributed by atoms with van der Waals surface area (Å²) in [5, 5.41) is -0.965. The van der Waals surface area contributed by atoms with E-state index in [2.05, 4.69) is 0 Å². The molecule has 0 amide bonds. The number of hydrogen-bond donors (Lipinski definition) is 0.